The molecule has 0 spiro atoms. The Balaban J connectivity index is 1.45. The van der Waals surface area contributed by atoms with E-state index in [1.54, 1.807) is 33.4 Å². The van der Waals surface area contributed by atoms with Crippen LogP contribution in [0.3, 0.4) is 0 Å². The predicted molar refractivity (Wildman–Crippen MR) is 176 cm³/mol. The van der Waals surface area contributed by atoms with Crippen LogP contribution in [-0.2, 0) is 33.9 Å². The molecule has 0 saturated carbocycles. The van der Waals surface area contributed by atoms with E-state index >= 15 is 0 Å². The fourth-order valence-corrected chi connectivity index (χ4v) is 5.33. The minimum atomic E-state index is -0.461. The smallest absolute Gasteiger partial charge is 0.332 e. The van der Waals surface area contributed by atoms with Crippen molar-refractivity contribution in [1.29, 1.82) is 0 Å². The molecule has 2 heterocycles. The first-order chi connectivity index (χ1) is 22.4. The molecule has 0 bridgehead atoms. The zero-order valence-corrected chi connectivity index (χ0v) is 26.1. The zero-order chi connectivity index (χ0) is 32.2. The van der Waals surface area contributed by atoms with Crippen LogP contribution in [0.5, 0.6) is 23.0 Å². The molecule has 6 rings (SSSR count). The minimum absolute atomic E-state index is 0.258. The lowest BCUT2D eigenvalue weighted by Gasteiger charge is -2.16. The average molecular weight is 619 g/mol. The van der Waals surface area contributed by atoms with E-state index in [0.29, 0.717) is 53.1 Å². The Kier molecular flexibility index (Phi) is 8.60. The van der Waals surface area contributed by atoms with Gasteiger partial charge < -0.3 is 23.5 Å². The van der Waals surface area contributed by atoms with Crippen molar-refractivity contribution >= 4 is 11.2 Å². The average Bonchev–Trinajstić information content (AvgIpc) is 3.48. The van der Waals surface area contributed by atoms with E-state index in [1.807, 2.05) is 89.5 Å². The predicted octanol–water partition coefficient (Wildman–Crippen LogP) is 5.32. The molecule has 0 aliphatic heterocycles. The largest absolute Gasteiger partial charge is 0.493 e. The summed E-state index contributed by atoms with van der Waals surface area (Å²) < 4.78 is 27.8. The monoisotopic (exact) mass is 618 g/mol. The maximum atomic E-state index is 13.6. The molecule has 6 aromatic rings. The van der Waals surface area contributed by atoms with E-state index in [2.05, 4.69) is 0 Å². The molecule has 0 unspecified atom stereocenters. The quantitative estimate of drug-likeness (QED) is 0.194. The van der Waals surface area contributed by atoms with Crippen molar-refractivity contribution in [3.63, 3.8) is 0 Å². The van der Waals surface area contributed by atoms with Crippen LogP contribution in [0.15, 0.2) is 107 Å². The van der Waals surface area contributed by atoms with Crippen LogP contribution in [0, 0.1) is 0 Å². The second kappa shape index (κ2) is 13.1. The second-order valence-corrected chi connectivity index (χ2v) is 10.8. The van der Waals surface area contributed by atoms with Gasteiger partial charge in [-0.25, -0.2) is 9.78 Å². The SMILES string of the molecule is COc1ccc(-c2nc3c(c(=O)n(C)c(=O)n3C)n2Cc2ccc(OCc3ccccc3)c(OCc3ccccc3)c2)cc1OC. The van der Waals surface area contributed by atoms with Gasteiger partial charge in [0.15, 0.2) is 34.2 Å². The number of nitrogens with zero attached hydrogens (tertiary/aromatic N) is 4. The summed E-state index contributed by atoms with van der Waals surface area (Å²) in [4.78, 5) is 31.2. The van der Waals surface area contributed by atoms with Crippen molar-refractivity contribution in [3.8, 4) is 34.4 Å². The molecule has 0 saturated heterocycles. The van der Waals surface area contributed by atoms with E-state index in [9.17, 15) is 9.59 Å². The molecule has 0 aliphatic rings. The first-order valence-electron chi connectivity index (χ1n) is 14.7. The molecule has 10 nitrogen and oxygen atoms in total. The van der Waals surface area contributed by atoms with Crippen LogP contribution in [-0.4, -0.2) is 32.9 Å². The molecule has 2 aromatic heterocycles. The van der Waals surface area contributed by atoms with Crippen LogP contribution in [0.2, 0.25) is 0 Å². The highest BCUT2D eigenvalue weighted by Crippen LogP contribution is 2.35. The number of fused-ring (bicyclic) bond motifs is 1. The number of aromatic nitrogens is 4. The number of methoxy groups -OCH3 is 2. The topological polar surface area (TPSA) is 98.7 Å². The van der Waals surface area contributed by atoms with Gasteiger partial charge in [0, 0.05) is 19.7 Å². The first-order valence-corrected chi connectivity index (χ1v) is 14.7. The molecular formula is C36H34N4O6. The fraction of sp³-hybridized carbons (Fsp3) is 0.194. The van der Waals surface area contributed by atoms with Gasteiger partial charge in [-0.15, -0.1) is 0 Å². The van der Waals surface area contributed by atoms with Crippen LogP contribution < -0.4 is 30.2 Å². The summed E-state index contributed by atoms with van der Waals surface area (Å²) in [6, 6.07) is 31.0. The number of ether oxygens (including phenoxy) is 4. The normalized spacial score (nSPS) is 11.0. The van der Waals surface area contributed by atoms with Gasteiger partial charge >= 0.3 is 5.69 Å². The van der Waals surface area contributed by atoms with Crippen LogP contribution in [0.25, 0.3) is 22.6 Å². The van der Waals surface area contributed by atoms with Crippen LogP contribution in [0.1, 0.15) is 16.7 Å². The summed E-state index contributed by atoms with van der Waals surface area (Å²) in [6.07, 6.45) is 0. The third-order valence-corrected chi connectivity index (χ3v) is 7.81. The Morgan fingerprint density at radius 2 is 1.24 bits per heavy atom. The molecule has 234 valence electrons. The van der Waals surface area contributed by atoms with Gasteiger partial charge in [0.25, 0.3) is 5.56 Å². The minimum Gasteiger partial charge on any atom is -0.493 e. The lowest BCUT2D eigenvalue weighted by molar-refractivity contribution is 0.255. The molecule has 0 fully saturated rings. The van der Waals surface area contributed by atoms with E-state index in [0.717, 1.165) is 21.3 Å². The van der Waals surface area contributed by atoms with E-state index in [-0.39, 0.29) is 12.2 Å². The molecule has 0 atom stereocenters. The highest BCUT2D eigenvalue weighted by atomic mass is 16.5. The van der Waals surface area contributed by atoms with Crippen molar-refractivity contribution < 1.29 is 18.9 Å². The zero-order valence-electron chi connectivity index (χ0n) is 26.1. The van der Waals surface area contributed by atoms with Crippen molar-refractivity contribution in [2.24, 2.45) is 14.1 Å². The number of rotatable bonds is 11. The van der Waals surface area contributed by atoms with Gasteiger partial charge in [-0.1, -0.05) is 66.7 Å². The van der Waals surface area contributed by atoms with Gasteiger partial charge in [-0.3, -0.25) is 13.9 Å². The second-order valence-electron chi connectivity index (χ2n) is 10.8. The molecule has 0 N–H and O–H groups in total. The van der Waals surface area contributed by atoms with Crippen LogP contribution >= 0.6 is 0 Å². The molecule has 0 radical (unpaired) electrons. The summed E-state index contributed by atoms with van der Waals surface area (Å²) in [6.45, 7) is 0.982. The Morgan fingerprint density at radius 3 is 1.87 bits per heavy atom. The summed E-state index contributed by atoms with van der Waals surface area (Å²) in [5.41, 5.74) is 3.25. The van der Waals surface area contributed by atoms with Gasteiger partial charge in [0.1, 0.15) is 19.0 Å². The number of imidazole rings is 1. The molecular weight excluding hydrogens is 584 g/mol. The van der Waals surface area contributed by atoms with Crippen LogP contribution in [0.4, 0.5) is 0 Å². The molecule has 10 heteroatoms. The number of hydrogen-bond donors (Lipinski definition) is 0. The van der Waals surface area contributed by atoms with E-state index in [4.69, 9.17) is 23.9 Å². The molecule has 46 heavy (non-hydrogen) atoms. The van der Waals surface area contributed by atoms with Crippen molar-refractivity contribution in [2.45, 2.75) is 19.8 Å². The number of benzene rings is 4. The summed E-state index contributed by atoms with van der Waals surface area (Å²) in [5, 5.41) is 0. The Hall–Kier alpha value is -5.77. The van der Waals surface area contributed by atoms with Gasteiger partial charge in [-0.2, -0.15) is 0 Å². The maximum absolute atomic E-state index is 13.6. The Labute approximate surface area is 265 Å². The van der Waals surface area contributed by atoms with Gasteiger partial charge in [0.2, 0.25) is 0 Å². The Bertz CT molecular complexity index is 2120. The molecule has 0 aliphatic carbocycles. The van der Waals surface area contributed by atoms with Crippen molar-refractivity contribution in [1.82, 2.24) is 18.7 Å². The number of hydrogen-bond acceptors (Lipinski definition) is 7. The Morgan fingerprint density at radius 1 is 0.630 bits per heavy atom. The first kappa shape index (κ1) is 30.3. The summed E-state index contributed by atoms with van der Waals surface area (Å²) in [5.74, 6) is 2.72. The lowest BCUT2D eigenvalue weighted by Crippen LogP contribution is -2.37. The number of aryl methyl sites for hydroxylation is 1. The van der Waals surface area contributed by atoms with E-state index < -0.39 is 11.2 Å². The third kappa shape index (κ3) is 5.97. The highest BCUT2D eigenvalue weighted by Gasteiger charge is 2.22. The van der Waals surface area contributed by atoms with E-state index in [1.165, 1.54) is 11.6 Å². The van der Waals surface area contributed by atoms with Gasteiger partial charge in [-0.05, 0) is 47.0 Å². The molecule has 4 aromatic carbocycles. The lowest BCUT2D eigenvalue weighted by atomic mass is 10.1. The summed E-state index contributed by atoms with van der Waals surface area (Å²) >= 11 is 0. The summed E-state index contributed by atoms with van der Waals surface area (Å²) in [7, 11) is 6.19. The standard InChI is InChI=1S/C36H34N4O6/c1-38-34-32(35(41)39(2)36(38)42)40(33(37-34)27-16-18-28(43-3)30(20-27)44-4)21-26-15-17-29(45-22-24-11-7-5-8-12-24)31(19-26)46-23-25-13-9-6-10-14-25/h5-20H,21-23H2,1-4H3. The maximum Gasteiger partial charge on any atom is 0.332 e. The van der Waals surface area contributed by atoms with Crippen molar-refractivity contribution in [2.75, 3.05) is 14.2 Å². The van der Waals surface area contributed by atoms with Crippen molar-refractivity contribution in [3.05, 3.63) is 135 Å². The van der Waals surface area contributed by atoms with Gasteiger partial charge in [0.05, 0.1) is 20.8 Å². The fourth-order valence-electron chi connectivity index (χ4n) is 5.33. The highest BCUT2D eigenvalue weighted by molar-refractivity contribution is 5.78. The third-order valence-electron chi connectivity index (χ3n) is 7.81. The molecule has 0 amide bonds.